The zero-order valence-electron chi connectivity index (χ0n) is 10.3. The van der Waals surface area contributed by atoms with Gasteiger partial charge in [0, 0.05) is 23.6 Å². The van der Waals surface area contributed by atoms with Crippen molar-refractivity contribution in [3.63, 3.8) is 0 Å². The molecule has 4 heteroatoms. The molecule has 2 nitrogen and oxygen atoms in total. The summed E-state index contributed by atoms with van der Waals surface area (Å²) in [7, 11) is 1.61. The smallest absolute Gasteiger partial charge is 0.169 e. The monoisotopic (exact) mass is 286 g/mol. The lowest BCUT2D eigenvalue weighted by Crippen LogP contribution is -2.38. The third-order valence-corrected chi connectivity index (χ3v) is 4.27. The number of Topliss-reactive ketones (excluding diaryl/α,β-unsaturated/α-hetero) is 1. The molecule has 98 valence electrons. The van der Waals surface area contributed by atoms with Gasteiger partial charge in [-0.15, -0.1) is 0 Å². The average molecular weight is 287 g/mol. The van der Waals surface area contributed by atoms with Crippen LogP contribution in [-0.2, 0) is 16.0 Å². The number of methoxy groups -OCH3 is 1. The van der Waals surface area contributed by atoms with Crippen LogP contribution in [0.15, 0.2) is 18.2 Å². The summed E-state index contributed by atoms with van der Waals surface area (Å²) in [5, 5.41) is 1.18. The third-order valence-electron chi connectivity index (χ3n) is 3.67. The molecule has 0 atom stereocenters. The molecule has 0 radical (unpaired) electrons. The van der Waals surface area contributed by atoms with Crippen LogP contribution in [0.3, 0.4) is 0 Å². The highest BCUT2D eigenvalue weighted by atomic mass is 35.5. The zero-order valence-corrected chi connectivity index (χ0v) is 11.9. The number of carbonyl (C=O) groups is 1. The third kappa shape index (κ3) is 2.71. The Hall–Kier alpha value is -0.570. The van der Waals surface area contributed by atoms with Gasteiger partial charge < -0.3 is 4.74 Å². The number of benzene rings is 1. The lowest BCUT2D eigenvalue weighted by molar-refractivity contribution is -0.139. The van der Waals surface area contributed by atoms with Crippen LogP contribution in [0.2, 0.25) is 10.0 Å². The SMILES string of the molecule is COC1(C(=O)Cc2cc(Cl)ccc2Cl)CCCC1. The van der Waals surface area contributed by atoms with Crippen LogP contribution in [0.4, 0.5) is 0 Å². The van der Waals surface area contributed by atoms with Gasteiger partial charge in [-0.1, -0.05) is 23.2 Å². The molecule has 0 bridgehead atoms. The number of rotatable bonds is 4. The van der Waals surface area contributed by atoms with Gasteiger partial charge in [-0.3, -0.25) is 4.79 Å². The first-order valence-electron chi connectivity index (χ1n) is 6.10. The van der Waals surface area contributed by atoms with Crippen molar-refractivity contribution in [3.05, 3.63) is 33.8 Å². The first-order valence-corrected chi connectivity index (χ1v) is 6.85. The van der Waals surface area contributed by atoms with Gasteiger partial charge in [-0.05, 0) is 49.4 Å². The number of carbonyl (C=O) groups excluding carboxylic acids is 1. The molecule has 0 N–H and O–H groups in total. The first kappa shape index (κ1) is 13.9. The quantitative estimate of drug-likeness (QED) is 0.834. The molecule has 0 aromatic heterocycles. The molecule has 1 aromatic rings. The van der Waals surface area contributed by atoms with Crippen LogP contribution < -0.4 is 0 Å². The molecule has 0 saturated heterocycles. The fraction of sp³-hybridized carbons (Fsp3) is 0.500. The molecule has 0 unspecified atom stereocenters. The minimum atomic E-state index is -0.606. The van der Waals surface area contributed by atoms with Gasteiger partial charge in [-0.25, -0.2) is 0 Å². The number of halogens is 2. The minimum Gasteiger partial charge on any atom is -0.370 e. The minimum absolute atomic E-state index is 0.103. The maximum Gasteiger partial charge on any atom is 0.169 e. The van der Waals surface area contributed by atoms with Crippen molar-refractivity contribution < 1.29 is 9.53 Å². The van der Waals surface area contributed by atoms with E-state index in [0.29, 0.717) is 10.0 Å². The van der Waals surface area contributed by atoms with Crippen molar-refractivity contribution in [2.45, 2.75) is 37.7 Å². The highest BCUT2D eigenvalue weighted by molar-refractivity contribution is 6.33. The Morgan fingerprint density at radius 1 is 1.33 bits per heavy atom. The first-order chi connectivity index (χ1) is 8.57. The predicted octanol–water partition coefficient (Wildman–Crippen LogP) is 4.06. The van der Waals surface area contributed by atoms with Crippen LogP contribution in [0.1, 0.15) is 31.2 Å². The maximum absolute atomic E-state index is 12.4. The highest BCUT2D eigenvalue weighted by Crippen LogP contribution is 2.35. The number of ether oxygens (including phenoxy) is 1. The highest BCUT2D eigenvalue weighted by Gasteiger charge is 2.40. The van der Waals surface area contributed by atoms with E-state index in [0.717, 1.165) is 31.2 Å². The summed E-state index contributed by atoms with van der Waals surface area (Å²) in [6.07, 6.45) is 3.99. The number of hydrogen-bond donors (Lipinski definition) is 0. The van der Waals surface area contributed by atoms with E-state index in [9.17, 15) is 4.79 Å². The molecule has 0 amide bonds. The molecule has 1 aliphatic carbocycles. The van der Waals surface area contributed by atoms with Crippen LogP contribution in [0.25, 0.3) is 0 Å². The number of ketones is 1. The predicted molar refractivity (Wildman–Crippen MR) is 73.4 cm³/mol. The van der Waals surface area contributed by atoms with E-state index >= 15 is 0 Å². The Morgan fingerprint density at radius 2 is 2.00 bits per heavy atom. The molecule has 1 saturated carbocycles. The van der Waals surface area contributed by atoms with Gasteiger partial charge in [-0.2, -0.15) is 0 Å². The summed E-state index contributed by atoms with van der Waals surface area (Å²) in [6.45, 7) is 0. The second kappa shape index (κ2) is 5.60. The van der Waals surface area contributed by atoms with E-state index in [1.807, 2.05) is 0 Å². The van der Waals surface area contributed by atoms with Crippen molar-refractivity contribution in [2.24, 2.45) is 0 Å². The lowest BCUT2D eigenvalue weighted by Gasteiger charge is -2.25. The molecule has 0 aliphatic heterocycles. The Bertz CT molecular complexity index is 451. The van der Waals surface area contributed by atoms with Crippen molar-refractivity contribution in [1.82, 2.24) is 0 Å². The second-order valence-corrected chi connectivity index (χ2v) is 5.58. The van der Waals surface area contributed by atoms with Gasteiger partial charge in [0.1, 0.15) is 5.60 Å². The lowest BCUT2D eigenvalue weighted by atomic mass is 9.91. The van der Waals surface area contributed by atoms with E-state index in [-0.39, 0.29) is 12.2 Å². The van der Waals surface area contributed by atoms with Gasteiger partial charge in [0.2, 0.25) is 0 Å². The van der Waals surface area contributed by atoms with Crippen LogP contribution in [-0.4, -0.2) is 18.5 Å². The molecule has 0 heterocycles. The van der Waals surface area contributed by atoms with E-state index in [2.05, 4.69) is 0 Å². The molecule has 1 aromatic carbocycles. The molecule has 0 spiro atoms. The van der Waals surface area contributed by atoms with Crippen molar-refractivity contribution in [1.29, 1.82) is 0 Å². The largest absolute Gasteiger partial charge is 0.370 e. The summed E-state index contributed by atoms with van der Waals surface area (Å²) in [6, 6.07) is 5.19. The normalized spacial score (nSPS) is 17.9. The molecular weight excluding hydrogens is 271 g/mol. The topological polar surface area (TPSA) is 26.3 Å². The fourth-order valence-electron chi connectivity index (χ4n) is 2.56. The standard InChI is InChI=1S/C14H16Cl2O2/c1-18-14(6-2-3-7-14)13(17)9-10-8-11(15)4-5-12(10)16/h4-5,8H,2-3,6-7,9H2,1H3. The van der Waals surface area contributed by atoms with E-state index in [1.54, 1.807) is 25.3 Å². The molecule has 18 heavy (non-hydrogen) atoms. The Kier molecular flexibility index (Phi) is 4.31. The van der Waals surface area contributed by atoms with Crippen LogP contribution >= 0.6 is 23.2 Å². The van der Waals surface area contributed by atoms with Gasteiger partial charge in [0.15, 0.2) is 5.78 Å². The molecule has 1 aliphatic rings. The van der Waals surface area contributed by atoms with E-state index in [4.69, 9.17) is 27.9 Å². The Balaban J connectivity index is 2.18. The van der Waals surface area contributed by atoms with Gasteiger partial charge in [0.25, 0.3) is 0 Å². The Morgan fingerprint density at radius 3 is 2.61 bits per heavy atom. The second-order valence-electron chi connectivity index (χ2n) is 4.74. The van der Waals surface area contributed by atoms with Crippen LogP contribution in [0.5, 0.6) is 0 Å². The molecule has 1 fully saturated rings. The van der Waals surface area contributed by atoms with Crippen molar-refractivity contribution in [2.75, 3.05) is 7.11 Å². The summed E-state index contributed by atoms with van der Waals surface area (Å²) in [4.78, 5) is 12.4. The molecular formula is C14H16Cl2O2. The van der Waals surface area contributed by atoms with E-state index in [1.165, 1.54) is 0 Å². The fourth-order valence-corrected chi connectivity index (χ4v) is 2.93. The summed E-state index contributed by atoms with van der Waals surface area (Å²) < 4.78 is 5.48. The average Bonchev–Trinajstić information content (AvgIpc) is 2.84. The van der Waals surface area contributed by atoms with Crippen molar-refractivity contribution >= 4 is 29.0 Å². The summed E-state index contributed by atoms with van der Waals surface area (Å²) in [5.41, 5.74) is 0.170. The van der Waals surface area contributed by atoms with Gasteiger partial charge in [0.05, 0.1) is 0 Å². The Labute approximate surface area is 117 Å². The summed E-state index contributed by atoms with van der Waals surface area (Å²) in [5.74, 6) is 0.103. The zero-order chi connectivity index (χ0) is 13.2. The van der Waals surface area contributed by atoms with Crippen LogP contribution in [0, 0.1) is 0 Å². The van der Waals surface area contributed by atoms with E-state index < -0.39 is 5.60 Å². The van der Waals surface area contributed by atoms with Crippen molar-refractivity contribution in [3.8, 4) is 0 Å². The summed E-state index contributed by atoms with van der Waals surface area (Å²) >= 11 is 12.0. The maximum atomic E-state index is 12.4. The molecule has 2 rings (SSSR count). The number of hydrogen-bond acceptors (Lipinski definition) is 2. The van der Waals surface area contributed by atoms with Gasteiger partial charge >= 0.3 is 0 Å².